The van der Waals surface area contributed by atoms with Gasteiger partial charge in [0.2, 0.25) is 5.91 Å². The summed E-state index contributed by atoms with van der Waals surface area (Å²) < 4.78 is 31.7. The average Bonchev–Trinajstić information content (AvgIpc) is 3.13. The fourth-order valence-electron chi connectivity index (χ4n) is 8.85. The van der Waals surface area contributed by atoms with E-state index >= 15 is 0 Å². The Bertz CT molecular complexity index is 1220. The number of hydrogen-bond acceptors (Lipinski definition) is 14. The Balaban J connectivity index is 1.46. The maximum atomic E-state index is 13.8. The lowest BCUT2D eigenvalue weighted by Gasteiger charge is -2.49. The number of nitrogens with one attached hydrogen (secondary N) is 1. The zero-order valence-corrected chi connectivity index (χ0v) is 32.1. The Kier molecular flexibility index (Phi) is 16.1. The van der Waals surface area contributed by atoms with E-state index in [1.54, 1.807) is 11.8 Å². The number of carbonyl (C=O) groups is 3. The molecule has 0 aromatic heterocycles. The molecule has 2 amide bonds. The van der Waals surface area contributed by atoms with Crippen LogP contribution in [0.4, 0.5) is 0 Å². The second-order valence-corrected chi connectivity index (χ2v) is 16.1. The molecule has 5 aliphatic rings. The third-order valence-electron chi connectivity index (χ3n) is 12.2. The van der Waals surface area contributed by atoms with Crippen molar-refractivity contribution < 1.29 is 63.6 Å². The highest BCUT2D eigenvalue weighted by Gasteiger charge is 2.53. The van der Waals surface area contributed by atoms with Gasteiger partial charge < -0.3 is 65.2 Å². The first kappa shape index (κ1) is 43.3. The predicted molar refractivity (Wildman–Crippen MR) is 192 cm³/mol. The molecule has 6 unspecified atom stereocenters. The lowest BCUT2D eigenvalue weighted by molar-refractivity contribution is -0.338. The molecule has 0 bridgehead atoms. The number of rotatable bonds is 16. The third-order valence-corrected chi connectivity index (χ3v) is 12.2. The third kappa shape index (κ3) is 10.4. The first-order valence-electron chi connectivity index (χ1n) is 20.3. The number of likely N-dealkylation sites (tertiary alicyclic amines) is 1. The largest absolute Gasteiger partial charge is 0.394 e. The van der Waals surface area contributed by atoms with Crippen molar-refractivity contribution in [3.05, 3.63) is 0 Å². The van der Waals surface area contributed by atoms with Gasteiger partial charge in [-0.2, -0.15) is 0 Å². The number of nitrogens with zero attached hydrogens (tertiary/aromatic N) is 1. The highest BCUT2D eigenvalue weighted by molar-refractivity contribution is 5.82. The number of Topliss-reactive ketones (excluding diaryl/α,β-unsaturated/α-hetero) is 1. The maximum absolute atomic E-state index is 13.8. The monoisotopic (exact) mass is 771 g/mol. The van der Waals surface area contributed by atoms with Crippen LogP contribution in [-0.2, 0) is 38.1 Å². The Morgan fingerprint density at radius 3 is 2.24 bits per heavy atom. The molecule has 8 N–H and O–H groups in total. The van der Waals surface area contributed by atoms with Crippen molar-refractivity contribution in [3.63, 3.8) is 0 Å². The van der Waals surface area contributed by atoms with Crippen molar-refractivity contribution in [1.29, 1.82) is 0 Å². The average molecular weight is 772 g/mol. The molecule has 2 saturated carbocycles. The fourth-order valence-corrected chi connectivity index (χ4v) is 8.85. The predicted octanol–water partition coefficient (Wildman–Crippen LogP) is -0.132. The lowest BCUT2D eigenvalue weighted by Crippen LogP contribution is -2.67. The number of amides is 2. The minimum atomic E-state index is -1.59. The van der Waals surface area contributed by atoms with Crippen LogP contribution in [0.5, 0.6) is 0 Å². The van der Waals surface area contributed by atoms with Gasteiger partial charge in [-0.3, -0.25) is 14.4 Å². The Hall–Kier alpha value is -1.83. The van der Waals surface area contributed by atoms with Crippen LogP contribution in [0.2, 0.25) is 0 Å². The Morgan fingerprint density at radius 2 is 1.63 bits per heavy atom. The number of ketones is 1. The smallest absolute Gasteiger partial charge is 0.251 e. The first-order valence-corrected chi connectivity index (χ1v) is 20.3. The van der Waals surface area contributed by atoms with Gasteiger partial charge in [0.05, 0.1) is 24.9 Å². The standard InChI is InChI=1S/C38H65N3O13/c1-4-23-17-24(25(44)12-8-13-39)18-26(34(23)54-38-33(48)32(47)30(45)20(2)50-38)52-37-29(40-21(3)43)35(31(46)28(19-42)53-37)51-27(36(49)41-14-9-15-41)16-22-10-6-5-7-11-22/h20,22-24,26-35,37-38,42,45-48H,4-19,39H2,1-3H3,(H,40,43)/t20?,23-,24?,26-,27+,28?,29?,30-,31+,32?,33+,34-,35?,37-,38+/m1/s1. The highest BCUT2D eigenvalue weighted by Crippen LogP contribution is 2.40. The molecule has 16 nitrogen and oxygen atoms in total. The molecular formula is C38H65N3O13. The minimum Gasteiger partial charge on any atom is -0.394 e. The van der Waals surface area contributed by atoms with Gasteiger partial charge in [-0.05, 0) is 57.4 Å². The van der Waals surface area contributed by atoms with E-state index in [4.69, 9.17) is 29.4 Å². The molecule has 2 aliphatic carbocycles. The van der Waals surface area contributed by atoms with Crippen LogP contribution >= 0.6 is 0 Å². The van der Waals surface area contributed by atoms with E-state index in [1.165, 1.54) is 6.92 Å². The van der Waals surface area contributed by atoms with Crippen LogP contribution in [-0.4, -0.2) is 154 Å². The maximum Gasteiger partial charge on any atom is 0.251 e. The summed E-state index contributed by atoms with van der Waals surface area (Å²) in [4.78, 5) is 41.8. The second kappa shape index (κ2) is 20.0. The summed E-state index contributed by atoms with van der Waals surface area (Å²) in [6.45, 7) is 5.75. The summed E-state index contributed by atoms with van der Waals surface area (Å²) in [5.41, 5.74) is 5.72. The van der Waals surface area contributed by atoms with Gasteiger partial charge in [-0.15, -0.1) is 0 Å². The van der Waals surface area contributed by atoms with E-state index in [2.05, 4.69) is 5.32 Å². The Morgan fingerprint density at radius 1 is 0.907 bits per heavy atom. The molecule has 3 heterocycles. The van der Waals surface area contributed by atoms with Crippen LogP contribution < -0.4 is 11.1 Å². The number of ether oxygens (including phenoxy) is 5. The number of aliphatic hydroxyl groups excluding tert-OH is 5. The molecule has 5 rings (SSSR count). The Labute approximate surface area is 318 Å². The van der Waals surface area contributed by atoms with Crippen LogP contribution in [0, 0.1) is 17.8 Å². The summed E-state index contributed by atoms with van der Waals surface area (Å²) in [5, 5.41) is 56.7. The molecule has 0 aromatic rings. The van der Waals surface area contributed by atoms with Gasteiger partial charge in [0.25, 0.3) is 5.91 Å². The molecule has 5 fully saturated rings. The summed E-state index contributed by atoms with van der Waals surface area (Å²) in [6, 6.07) is -1.15. The topological polar surface area (TPSA) is 240 Å². The van der Waals surface area contributed by atoms with Crippen LogP contribution in [0.3, 0.4) is 0 Å². The molecule has 3 saturated heterocycles. The molecule has 0 radical (unpaired) electrons. The summed E-state index contributed by atoms with van der Waals surface area (Å²) in [6.07, 6.45) is -6.08. The van der Waals surface area contributed by atoms with E-state index in [9.17, 15) is 39.9 Å². The van der Waals surface area contributed by atoms with Crippen molar-refractivity contribution >= 4 is 17.6 Å². The van der Waals surface area contributed by atoms with E-state index in [-0.39, 0.29) is 36.4 Å². The SMILES string of the molecule is CC[C@@H]1CC(C(=O)CCCN)C[C@@H](O[C@@H]2OC(CO)[C@H](O)C(O[C@@H](CC3CCCCC3)C(=O)N3CCC3)C2NC(C)=O)[C@@H]1O[C@@H]1OC(C)[C@@H](O)C(O)[C@@H]1O. The normalized spacial score (nSPS) is 39.8. The van der Waals surface area contributed by atoms with Gasteiger partial charge in [-0.25, -0.2) is 0 Å². The lowest BCUT2D eigenvalue weighted by atomic mass is 9.74. The van der Waals surface area contributed by atoms with Gasteiger partial charge in [0, 0.05) is 32.4 Å². The second-order valence-electron chi connectivity index (χ2n) is 16.1. The zero-order chi connectivity index (χ0) is 39.1. The quantitative estimate of drug-likeness (QED) is 0.108. The van der Waals surface area contributed by atoms with Crippen molar-refractivity contribution in [2.75, 3.05) is 26.2 Å². The minimum absolute atomic E-state index is 0.00923. The summed E-state index contributed by atoms with van der Waals surface area (Å²) in [5.74, 6) is -1.13. The van der Waals surface area contributed by atoms with E-state index in [0.717, 1.165) is 38.5 Å². The molecule has 0 spiro atoms. The fraction of sp³-hybridized carbons (Fsp3) is 0.921. The van der Waals surface area contributed by atoms with E-state index in [0.29, 0.717) is 45.3 Å². The first-order chi connectivity index (χ1) is 25.9. The van der Waals surface area contributed by atoms with Crippen molar-refractivity contribution in [2.45, 2.75) is 177 Å². The van der Waals surface area contributed by atoms with Gasteiger partial charge in [0.15, 0.2) is 12.6 Å². The van der Waals surface area contributed by atoms with E-state index in [1.807, 2.05) is 6.92 Å². The van der Waals surface area contributed by atoms with Crippen LogP contribution in [0.25, 0.3) is 0 Å². The highest BCUT2D eigenvalue weighted by atomic mass is 16.7. The van der Waals surface area contributed by atoms with Crippen molar-refractivity contribution in [1.82, 2.24) is 10.2 Å². The van der Waals surface area contributed by atoms with Gasteiger partial charge in [-0.1, -0.05) is 45.4 Å². The van der Waals surface area contributed by atoms with Gasteiger partial charge >= 0.3 is 0 Å². The van der Waals surface area contributed by atoms with Crippen LogP contribution in [0.1, 0.15) is 97.8 Å². The number of nitrogens with two attached hydrogens (primary N) is 1. The van der Waals surface area contributed by atoms with Crippen LogP contribution in [0.15, 0.2) is 0 Å². The molecular weight excluding hydrogens is 706 g/mol. The molecule has 16 heteroatoms. The molecule has 54 heavy (non-hydrogen) atoms. The summed E-state index contributed by atoms with van der Waals surface area (Å²) >= 11 is 0. The van der Waals surface area contributed by atoms with Crippen molar-refractivity contribution in [3.8, 4) is 0 Å². The molecule has 3 aliphatic heterocycles. The molecule has 0 aromatic carbocycles. The summed E-state index contributed by atoms with van der Waals surface area (Å²) in [7, 11) is 0. The number of hydrogen-bond donors (Lipinski definition) is 7. The molecule has 310 valence electrons. The van der Waals surface area contributed by atoms with Crippen molar-refractivity contribution in [2.24, 2.45) is 23.5 Å². The zero-order valence-electron chi connectivity index (χ0n) is 32.1. The number of aliphatic hydroxyl groups is 5. The molecule has 15 atom stereocenters. The van der Waals surface area contributed by atoms with Gasteiger partial charge in [0.1, 0.15) is 54.6 Å². The number of carbonyl (C=O) groups excluding carboxylic acids is 3. The van der Waals surface area contributed by atoms with E-state index < -0.39 is 98.1 Å².